The predicted molar refractivity (Wildman–Crippen MR) is 94.2 cm³/mol. The zero-order valence-electron chi connectivity index (χ0n) is 14.1. The summed E-state index contributed by atoms with van der Waals surface area (Å²) in [5, 5.41) is 3.79. The summed E-state index contributed by atoms with van der Waals surface area (Å²) < 4.78 is 18.6. The van der Waals surface area contributed by atoms with Gasteiger partial charge in [0.05, 0.1) is 0 Å². The third-order valence-corrected chi connectivity index (χ3v) is 6.24. The standard InChI is InChI=1S/C19H21FN2O2S/c1-12-18(13-8-10-22(12)11-9-13)21-19(23)16-6-7-17(24-16)25-15-4-2-14(20)3-5-15/h2-7,12-13,18H,8-11H2,1H3,(H,21,23)/t12-,18-/m0/s1. The number of furan rings is 1. The molecule has 5 rings (SSSR count). The van der Waals surface area contributed by atoms with Crippen molar-refractivity contribution in [3.63, 3.8) is 0 Å². The van der Waals surface area contributed by atoms with Crippen LogP contribution in [0.2, 0.25) is 0 Å². The smallest absolute Gasteiger partial charge is 0.287 e. The first-order chi connectivity index (χ1) is 12.1. The van der Waals surface area contributed by atoms with Crippen LogP contribution in [0.3, 0.4) is 0 Å². The number of fused-ring (bicyclic) bond motifs is 3. The number of piperidine rings is 3. The van der Waals surface area contributed by atoms with Crippen LogP contribution in [0.4, 0.5) is 4.39 Å². The predicted octanol–water partition coefficient (Wildman–Crippen LogP) is 3.78. The van der Waals surface area contributed by atoms with E-state index >= 15 is 0 Å². The molecule has 0 radical (unpaired) electrons. The normalized spacial score (nSPS) is 28.1. The average molecular weight is 360 g/mol. The van der Waals surface area contributed by atoms with Crippen LogP contribution in [0.15, 0.2) is 50.8 Å². The van der Waals surface area contributed by atoms with Crippen LogP contribution in [-0.2, 0) is 0 Å². The number of amides is 1. The molecule has 4 nitrogen and oxygen atoms in total. The van der Waals surface area contributed by atoms with Crippen molar-refractivity contribution in [1.29, 1.82) is 0 Å². The molecule has 1 aromatic carbocycles. The summed E-state index contributed by atoms with van der Waals surface area (Å²) in [6, 6.07) is 10.2. The Labute approximate surface area is 150 Å². The molecule has 2 atom stereocenters. The first-order valence-corrected chi connectivity index (χ1v) is 9.50. The van der Waals surface area contributed by atoms with Crippen LogP contribution in [0.25, 0.3) is 0 Å². The monoisotopic (exact) mass is 360 g/mol. The van der Waals surface area contributed by atoms with Gasteiger partial charge in [0.2, 0.25) is 0 Å². The Morgan fingerprint density at radius 1 is 1.20 bits per heavy atom. The Bertz CT molecular complexity index is 751. The Kier molecular flexibility index (Phi) is 4.56. The lowest BCUT2D eigenvalue weighted by molar-refractivity contribution is 0.0210. The number of halogens is 1. The van der Waals surface area contributed by atoms with Gasteiger partial charge in [0.1, 0.15) is 5.82 Å². The first-order valence-electron chi connectivity index (χ1n) is 8.68. The molecular formula is C19H21FN2O2S. The second kappa shape index (κ2) is 6.84. The fraction of sp³-hybridized carbons (Fsp3) is 0.421. The Morgan fingerprint density at radius 2 is 1.92 bits per heavy atom. The highest BCUT2D eigenvalue weighted by Crippen LogP contribution is 2.33. The molecule has 2 aromatic rings. The lowest BCUT2D eigenvalue weighted by Crippen LogP contribution is -2.62. The van der Waals surface area contributed by atoms with Gasteiger partial charge < -0.3 is 9.73 Å². The molecule has 6 heteroatoms. The van der Waals surface area contributed by atoms with E-state index < -0.39 is 0 Å². The molecule has 0 aliphatic carbocycles. The highest BCUT2D eigenvalue weighted by Gasteiger charge is 2.40. The molecule has 3 aliphatic heterocycles. The van der Waals surface area contributed by atoms with Crippen molar-refractivity contribution >= 4 is 17.7 Å². The summed E-state index contributed by atoms with van der Waals surface area (Å²) in [5.41, 5.74) is 0. The Morgan fingerprint density at radius 3 is 2.60 bits per heavy atom. The van der Waals surface area contributed by atoms with E-state index in [1.807, 2.05) is 0 Å². The summed E-state index contributed by atoms with van der Waals surface area (Å²) in [6.45, 7) is 4.46. The van der Waals surface area contributed by atoms with E-state index in [-0.39, 0.29) is 17.8 Å². The molecule has 25 heavy (non-hydrogen) atoms. The van der Waals surface area contributed by atoms with Crippen LogP contribution >= 0.6 is 11.8 Å². The third-order valence-electron chi connectivity index (χ3n) is 5.31. The zero-order valence-corrected chi connectivity index (χ0v) is 14.9. The molecule has 0 spiro atoms. The largest absolute Gasteiger partial charge is 0.444 e. The van der Waals surface area contributed by atoms with Gasteiger partial charge in [-0.3, -0.25) is 9.69 Å². The number of carbonyl (C=O) groups is 1. The fourth-order valence-corrected chi connectivity index (χ4v) is 4.66. The second-order valence-electron chi connectivity index (χ2n) is 6.79. The second-order valence-corrected chi connectivity index (χ2v) is 7.87. The minimum Gasteiger partial charge on any atom is -0.444 e. The summed E-state index contributed by atoms with van der Waals surface area (Å²) in [5.74, 6) is 0.465. The van der Waals surface area contributed by atoms with Gasteiger partial charge in [-0.05, 0) is 75.2 Å². The van der Waals surface area contributed by atoms with Gasteiger partial charge in [-0.15, -0.1) is 0 Å². The summed E-state index contributed by atoms with van der Waals surface area (Å²) in [6.07, 6.45) is 2.30. The maximum atomic E-state index is 13.0. The van der Waals surface area contributed by atoms with E-state index in [2.05, 4.69) is 17.1 Å². The van der Waals surface area contributed by atoms with E-state index in [4.69, 9.17) is 4.42 Å². The van der Waals surface area contributed by atoms with E-state index in [1.165, 1.54) is 23.9 Å². The van der Waals surface area contributed by atoms with Crippen molar-refractivity contribution in [1.82, 2.24) is 10.2 Å². The van der Waals surface area contributed by atoms with Crippen molar-refractivity contribution in [3.8, 4) is 0 Å². The van der Waals surface area contributed by atoms with E-state index in [0.29, 0.717) is 22.8 Å². The molecule has 4 heterocycles. The van der Waals surface area contributed by atoms with E-state index in [1.54, 1.807) is 24.3 Å². The lowest BCUT2D eigenvalue weighted by Gasteiger charge is -2.49. The molecule has 1 amide bonds. The minimum absolute atomic E-state index is 0.156. The number of benzene rings is 1. The highest BCUT2D eigenvalue weighted by molar-refractivity contribution is 7.99. The molecule has 1 aromatic heterocycles. The molecule has 3 fully saturated rings. The Balaban J connectivity index is 1.41. The van der Waals surface area contributed by atoms with Gasteiger partial charge in [-0.25, -0.2) is 4.39 Å². The summed E-state index contributed by atoms with van der Waals surface area (Å²) >= 11 is 1.37. The third kappa shape index (κ3) is 3.46. The molecule has 132 valence electrons. The number of rotatable bonds is 4. The molecule has 0 unspecified atom stereocenters. The first kappa shape index (κ1) is 16.7. The SMILES string of the molecule is C[C@H]1[C@H](NC(=O)c2ccc(Sc3ccc(F)cc3)o2)C2CCN1CC2. The zero-order chi connectivity index (χ0) is 17.4. The van der Waals surface area contributed by atoms with Crippen LogP contribution in [-0.4, -0.2) is 36.0 Å². The van der Waals surface area contributed by atoms with Crippen LogP contribution in [0.1, 0.15) is 30.3 Å². The summed E-state index contributed by atoms with van der Waals surface area (Å²) in [4.78, 5) is 15.9. The van der Waals surface area contributed by atoms with Gasteiger partial charge in [0, 0.05) is 17.0 Å². The number of hydrogen-bond donors (Lipinski definition) is 1. The quantitative estimate of drug-likeness (QED) is 0.901. The lowest BCUT2D eigenvalue weighted by atomic mass is 9.79. The van der Waals surface area contributed by atoms with Gasteiger partial charge in [0.15, 0.2) is 10.9 Å². The number of nitrogens with one attached hydrogen (secondary N) is 1. The maximum absolute atomic E-state index is 13.0. The number of hydrogen-bond acceptors (Lipinski definition) is 4. The minimum atomic E-state index is -0.268. The molecule has 2 bridgehead atoms. The number of carbonyl (C=O) groups excluding carboxylic acids is 1. The highest BCUT2D eigenvalue weighted by atomic mass is 32.2. The molecular weight excluding hydrogens is 339 g/mol. The van der Waals surface area contributed by atoms with Crippen molar-refractivity contribution in [2.24, 2.45) is 5.92 Å². The van der Waals surface area contributed by atoms with E-state index in [0.717, 1.165) is 30.8 Å². The van der Waals surface area contributed by atoms with Crippen molar-refractivity contribution in [2.75, 3.05) is 13.1 Å². The van der Waals surface area contributed by atoms with Crippen molar-refractivity contribution in [2.45, 2.75) is 41.8 Å². The van der Waals surface area contributed by atoms with Crippen molar-refractivity contribution < 1.29 is 13.6 Å². The Hall–Kier alpha value is -1.79. The maximum Gasteiger partial charge on any atom is 0.287 e. The fourth-order valence-electron chi connectivity index (χ4n) is 3.88. The van der Waals surface area contributed by atoms with Crippen molar-refractivity contribution in [3.05, 3.63) is 48.0 Å². The van der Waals surface area contributed by atoms with Gasteiger partial charge in [0.25, 0.3) is 5.91 Å². The average Bonchev–Trinajstić information content (AvgIpc) is 3.09. The number of nitrogens with zero attached hydrogens (tertiary/aromatic N) is 1. The van der Waals surface area contributed by atoms with Crippen LogP contribution < -0.4 is 5.32 Å². The topological polar surface area (TPSA) is 45.5 Å². The van der Waals surface area contributed by atoms with Gasteiger partial charge in [-0.1, -0.05) is 11.8 Å². The van der Waals surface area contributed by atoms with Gasteiger partial charge >= 0.3 is 0 Å². The van der Waals surface area contributed by atoms with Crippen LogP contribution in [0, 0.1) is 11.7 Å². The molecule has 3 saturated heterocycles. The molecule has 3 aliphatic rings. The van der Waals surface area contributed by atoms with Gasteiger partial charge in [-0.2, -0.15) is 0 Å². The van der Waals surface area contributed by atoms with E-state index in [9.17, 15) is 9.18 Å². The molecule has 1 N–H and O–H groups in total. The summed E-state index contributed by atoms with van der Waals surface area (Å²) in [7, 11) is 0. The molecule has 0 saturated carbocycles. The van der Waals surface area contributed by atoms with Crippen LogP contribution in [0.5, 0.6) is 0 Å².